The number of amides is 1. The Labute approximate surface area is 136 Å². The van der Waals surface area contributed by atoms with E-state index >= 15 is 0 Å². The van der Waals surface area contributed by atoms with E-state index in [4.69, 9.17) is 4.74 Å². The van der Waals surface area contributed by atoms with E-state index in [-0.39, 0.29) is 12.1 Å². The molecule has 0 bridgehead atoms. The molecule has 1 N–H and O–H groups in total. The summed E-state index contributed by atoms with van der Waals surface area (Å²) in [5, 5.41) is 3.40. The fourth-order valence-corrected chi connectivity index (χ4v) is 2.01. The summed E-state index contributed by atoms with van der Waals surface area (Å²) in [5.74, 6) is 0. The van der Waals surface area contributed by atoms with Gasteiger partial charge in [-0.2, -0.15) is 0 Å². The molecule has 0 aliphatic rings. The van der Waals surface area contributed by atoms with Crippen LogP contribution in [0.5, 0.6) is 0 Å². The van der Waals surface area contributed by atoms with Gasteiger partial charge >= 0.3 is 6.09 Å². The van der Waals surface area contributed by atoms with Gasteiger partial charge in [-0.05, 0) is 45.4 Å². The Morgan fingerprint density at radius 2 is 1.90 bits per heavy atom. The van der Waals surface area contributed by atoms with Gasteiger partial charge in [-0.25, -0.2) is 4.79 Å². The molecule has 1 atom stereocenters. The van der Waals surface area contributed by atoms with E-state index in [1.807, 2.05) is 32.9 Å². The molecular formula is C16H25BrN2O2. The molecule has 1 aromatic carbocycles. The molecular weight excluding hydrogens is 332 g/mol. The third-order valence-corrected chi connectivity index (χ3v) is 3.50. The summed E-state index contributed by atoms with van der Waals surface area (Å²) in [7, 11) is 1.75. The lowest BCUT2D eigenvalue weighted by molar-refractivity contribution is 0.0299. The Hall–Kier alpha value is -1.07. The minimum atomic E-state index is -0.455. The van der Waals surface area contributed by atoms with Crippen molar-refractivity contribution in [3.8, 4) is 0 Å². The number of halogens is 1. The van der Waals surface area contributed by atoms with Crippen molar-refractivity contribution in [1.29, 1.82) is 0 Å². The van der Waals surface area contributed by atoms with Crippen molar-refractivity contribution < 1.29 is 9.53 Å². The van der Waals surface area contributed by atoms with E-state index in [9.17, 15) is 4.79 Å². The third-order valence-electron chi connectivity index (χ3n) is 2.97. The molecule has 0 aliphatic carbocycles. The number of carbonyl (C=O) groups is 1. The predicted molar refractivity (Wildman–Crippen MR) is 89.4 cm³/mol. The second kappa shape index (κ2) is 7.80. The fraction of sp³-hybridized carbons (Fsp3) is 0.562. The van der Waals surface area contributed by atoms with Crippen molar-refractivity contribution in [2.45, 2.75) is 39.3 Å². The summed E-state index contributed by atoms with van der Waals surface area (Å²) in [4.78, 5) is 13.4. The SMILES string of the molecule is CC(NCCN(C)C(=O)OC(C)(C)C)c1ccc(Br)cc1. The average molecular weight is 357 g/mol. The van der Waals surface area contributed by atoms with Crippen molar-refractivity contribution >= 4 is 22.0 Å². The standard InChI is InChI=1S/C16H25BrN2O2/c1-12(13-6-8-14(17)9-7-13)18-10-11-19(5)15(20)21-16(2,3)4/h6-9,12,18H,10-11H2,1-5H3. The molecule has 1 unspecified atom stereocenters. The Morgan fingerprint density at radius 3 is 2.43 bits per heavy atom. The highest BCUT2D eigenvalue weighted by Gasteiger charge is 2.19. The van der Waals surface area contributed by atoms with E-state index in [2.05, 4.69) is 40.3 Å². The molecule has 1 amide bonds. The van der Waals surface area contributed by atoms with E-state index in [1.54, 1.807) is 11.9 Å². The van der Waals surface area contributed by atoms with Crippen LogP contribution in [0.3, 0.4) is 0 Å². The van der Waals surface area contributed by atoms with Gasteiger partial charge in [0.15, 0.2) is 0 Å². The Bertz CT molecular complexity index is 454. The van der Waals surface area contributed by atoms with E-state index < -0.39 is 5.60 Å². The molecule has 0 saturated heterocycles. The molecule has 0 fully saturated rings. The number of nitrogens with zero attached hydrogens (tertiary/aromatic N) is 1. The molecule has 0 radical (unpaired) electrons. The quantitative estimate of drug-likeness (QED) is 0.867. The zero-order chi connectivity index (χ0) is 16.0. The Morgan fingerprint density at radius 1 is 1.33 bits per heavy atom. The lowest BCUT2D eigenvalue weighted by atomic mass is 10.1. The van der Waals surface area contributed by atoms with E-state index in [1.165, 1.54) is 5.56 Å². The smallest absolute Gasteiger partial charge is 0.410 e. The van der Waals surface area contributed by atoms with Crippen molar-refractivity contribution in [3.63, 3.8) is 0 Å². The number of rotatable bonds is 5. The highest BCUT2D eigenvalue weighted by atomic mass is 79.9. The summed E-state index contributed by atoms with van der Waals surface area (Å²) < 4.78 is 6.38. The highest BCUT2D eigenvalue weighted by Crippen LogP contribution is 2.16. The van der Waals surface area contributed by atoms with Crippen LogP contribution in [0.1, 0.15) is 39.3 Å². The maximum Gasteiger partial charge on any atom is 0.410 e. The zero-order valence-electron chi connectivity index (χ0n) is 13.4. The largest absolute Gasteiger partial charge is 0.444 e. The number of likely N-dealkylation sites (N-methyl/N-ethyl adjacent to an activating group) is 1. The summed E-state index contributed by atoms with van der Waals surface area (Å²) in [6.07, 6.45) is -0.291. The maximum absolute atomic E-state index is 11.8. The third kappa shape index (κ3) is 6.96. The van der Waals surface area contributed by atoms with Gasteiger partial charge in [0, 0.05) is 30.7 Å². The van der Waals surface area contributed by atoms with Gasteiger partial charge in [0.1, 0.15) is 5.60 Å². The van der Waals surface area contributed by atoms with Crippen molar-refractivity contribution in [2.75, 3.05) is 20.1 Å². The second-order valence-electron chi connectivity index (χ2n) is 6.13. The summed E-state index contributed by atoms with van der Waals surface area (Å²) >= 11 is 3.43. The monoisotopic (exact) mass is 356 g/mol. The van der Waals surface area contributed by atoms with Crippen molar-refractivity contribution in [2.24, 2.45) is 0 Å². The average Bonchev–Trinajstić information content (AvgIpc) is 2.37. The van der Waals surface area contributed by atoms with Crippen LogP contribution in [0.25, 0.3) is 0 Å². The second-order valence-corrected chi connectivity index (χ2v) is 7.04. The molecule has 118 valence electrons. The van der Waals surface area contributed by atoms with Crippen LogP contribution in [0.4, 0.5) is 4.79 Å². The molecule has 21 heavy (non-hydrogen) atoms. The molecule has 1 rings (SSSR count). The maximum atomic E-state index is 11.8. The summed E-state index contributed by atoms with van der Waals surface area (Å²) in [6, 6.07) is 8.46. The number of carbonyl (C=O) groups excluding carboxylic acids is 1. The summed E-state index contributed by atoms with van der Waals surface area (Å²) in [5.41, 5.74) is 0.766. The lowest BCUT2D eigenvalue weighted by Gasteiger charge is -2.25. The first kappa shape index (κ1) is 18.0. The number of ether oxygens (including phenoxy) is 1. The van der Waals surface area contributed by atoms with Crippen molar-refractivity contribution in [1.82, 2.24) is 10.2 Å². The van der Waals surface area contributed by atoms with Crippen LogP contribution in [-0.2, 0) is 4.74 Å². The van der Waals surface area contributed by atoms with Gasteiger partial charge in [0.2, 0.25) is 0 Å². The predicted octanol–water partition coefficient (Wildman–Crippen LogP) is 3.97. The fourth-order valence-electron chi connectivity index (χ4n) is 1.75. The van der Waals surface area contributed by atoms with E-state index in [0.717, 1.165) is 4.47 Å². The molecule has 1 aromatic rings. The highest BCUT2D eigenvalue weighted by molar-refractivity contribution is 9.10. The molecule has 5 heteroatoms. The number of benzene rings is 1. The first-order chi connectivity index (χ1) is 9.69. The Balaban J connectivity index is 2.35. The van der Waals surface area contributed by atoms with Crippen LogP contribution < -0.4 is 5.32 Å². The summed E-state index contributed by atoms with van der Waals surface area (Å²) in [6.45, 7) is 9.03. The van der Waals surface area contributed by atoms with Crippen LogP contribution in [0, 0.1) is 0 Å². The first-order valence-corrected chi connectivity index (χ1v) is 7.91. The van der Waals surface area contributed by atoms with Gasteiger partial charge in [-0.15, -0.1) is 0 Å². The number of nitrogens with one attached hydrogen (secondary N) is 1. The van der Waals surface area contributed by atoms with Crippen molar-refractivity contribution in [3.05, 3.63) is 34.3 Å². The van der Waals surface area contributed by atoms with Gasteiger partial charge in [-0.1, -0.05) is 28.1 Å². The lowest BCUT2D eigenvalue weighted by Crippen LogP contribution is -2.38. The molecule has 4 nitrogen and oxygen atoms in total. The van der Waals surface area contributed by atoms with Crippen LogP contribution in [0.15, 0.2) is 28.7 Å². The van der Waals surface area contributed by atoms with Gasteiger partial charge in [0.25, 0.3) is 0 Å². The number of hydrogen-bond acceptors (Lipinski definition) is 3. The first-order valence-electron chi connectivity index (χ1n) is 7.12. The van der Waals surface area contributed by atoms with Gasteiger partial charge < -0.3 is 15.0 Å². The molecule has 0 aromatic heterocycles. The van der Waals surface area contributed by atoms with Crippen LogP contribution in [0.2, 0.25) is 0 Å². The molecule has 0 heterocycles. The molecule has 0 aliphatic heterocycles. The normalized spacial score (nSPS) is 12.9. The minimum Gasteiger partial charge on any atom is -0.444 e. The Kier molecular flexibility index (Phi) is 6.68. The zero-order valence-corrected chi connectivity index (χ0v) is 15.0. The molecule has 0 saturated carbocycles. The van der Waals surface area contributed by atoms with Crippen LogP contribution >= 0.6 is 15.9 Å². The van der Waals surface area contributed by atoms with Gasteiger partial charge in [0.05, 0.1) is 0 Å². The topological polar surface area (TPSA) is 41.6 Å². The minimum absolute atomic E-state index is 0.241. The van der Waals surface area contributed by atoms with Crippen LogP contribution in [-0.4, -0.2) is 36.7 Å². The van der Waals surface area contributed by atoms with E-state index in [0.29, 0.717) is 13.1 Å². The van der Waals surface area contributed by atoms with Gasteiger partial charge in [-0.3, -0.25) is 0 Å². The molecule has 0 spiro atoms. The number of hydrogen-bond donors (Lipinski definition) is 1.